The Morgan fingerprint density at radius 3 is 2.76 bits per heavy atom. The fraction of sp³-hybridized carbons (Fsp3) is 0.462. The topological polar surface area (TPSA) is 55.6 Å². The number of benzene rings is 1. The van der Waals surface area contributed by atoms with Crippen LogP contribution in [0.25, 0.3) is 0 Å². The van der Waals surface area contributed by atoms with Crippen molar-refractivity contribution in [2.45, 2.75) is 12.8 Å². The average Bonchev–Trinajstić information content (AvgIpc) is 2.61. The molecule has 0 atom stereocenters. The lowest BCUT2D eigenvalue weighted by Gasteiger charge is -2.19. The molecule has 1 saturated heterocycles. The van der Waals surface area contributed by atoms with Crippen molar-refractivity contribution >= 4 is 11.6 Å². The molecule has 0 unspecified atom stereocenters. The molecular formula is C13H18N2O2. The second kappa shape index (κ2) is 5.68. The summed E-state index contributed by atoms with van der Waals surface area (Å²) in [6.45, 7) is 2.90. The number of nitrogens with zero attached hydrogens (tertiary/aromatic N) is 1. The molecule has 1 heterocycles. The third kappa shape index (κ3) is 3.46. The van der Waals surface area contributed by atoms with Crippen LogP contribution in [0.1, 0.15) is 12.0 Å². The monoisotopic (exact) mass is 234 g/mol. The molecule has 0 aromatic heterocycles. The molecule has 1 aliphatic heterocycles. The Kier molecular flexibility index (Phi) is 3.98. The Labute approximate surface area is 101 Å². The van der Waals surface area contributed by atoms with Gasteiger partial charge in [0.15, 0.2) is 0 Å². The number of hydrogen-bond acceptors (Lipinski definition) is 3. The molecule has 4 heteroatoms. The number of rotatable bonds is 2. The van der Waals surface area contributed by atoms with E-state index >= 15 is 0 Å². The van der Waals surface area contributed by atoms with E-state index in [1.54, 1.807) is 0 Å². The van der Waals surface area contributed by atoms with Crippen molar-refractivity contribution in [2.75, 3.05) is 32.0 Å². The Hall–Kier alpha value is -1.55. The van der Waals surface area contributed by atoms with Crippen molar-refractivity contribution in [3.8, 4) is 0 Å². The molecule has 92 valence electrons. The zero-order valence-electron chi connectivity index (χ0n) is 9.89. The lowest BCUT2D eigenvalue weighted by Crippen LogP contribution is -2.34. The van der Waals surface area contributed by atoms with Crippen LogP contribution in [-0.2, 0) is 16.0 Å². The van der Waals surface area contributed by atoms with Crippen LogP contribution in [0.5, 0.6) is 0 Å². The van der Waals surface area contributed by atoms with E-state index in [0.717, 1.165) is 30.8 Å². The largest absolute Gasteiger partial charge is 0.399 e. The van der Waals surface area contributed by atoms with Gasteiger partial charge >= 0.3 is 0 Å². The normalized spacial score (nSPS) is 16.6. The van der Waals surface area contributed by atoms with Gasteiger partial charge in [0.25, 0.3) is 0 Å². The molecule has 0 radical (unpaired) electrons. The first kappa shape index (κ1) is 11.9. The highest BCUT2D eigenvalue weighted by molar-refractivity contribution is 5.78. The molecule has 2 rings (SSSR count). The fourth-order valence-corrected chi connectivity index (χ4v) is 1.92. The zero-order valence-corrected chi connectivity index (χ0v) is 9.89. The predicted molar refractivity (Wildman–Crippen MR) is 66.6 cm³/mol. The highest BCUT2D eigenvalue weighted by Gasteiger charge is 2.15. The van der Waals surface area contributed by atoms with Crippen LogP contribution in [0.2, 0.25) is 0 Å². The Bertz CT molecular complexity index is 368. The molecule has 1 fully saturated rings. The number of hydrogen-bond donors (Lipinski definition) is 1. The third-order valence-electron chi connectivity index (χ3n) is 2.91. The summed E-state index contributed by atoms with van der Waals surface area (Å²) in [5.41, 5.74) is 7.34. The first-order valence-electron chi connectivity index (χ1n) is 5.95. The summed E-state index contributed by atoms with van der Waals surface area (Å²) in [7, 11) is 0. The van der Waals surface area contributed by atoms with Gasteiger partial charge in [-0.3, -0.25) is 4.79 Å². The second-order valence-corrected chi connectivity index (χ2v) is 4.27. The molecular weight excluding hydrogens is 216 g/mol. The van der Waals surface area contributed by atoms with Crippen LogP contribution in [0.4, 0.5) is 5.69 Å². The second-order valence-electron chi connectivity index (χ2n) is 4.27. The quantitative estimate of drug-likeness (QED) is 0.778. The average molecular weight is 234 g/mol. The standard InChI is InChI=1S/C13H18N2O2/c14-12-4-2-11(3-5-12)10-13(16)15-6-1-8-17-9-7-15/h2-5H,1,6-10,14H2. The number of nitrogens with two attached hydrogens (primary N) is 1. The van der Waals surface area contributed by atoms with Crippen molar-refractivity contribution in [1.29, 1.82) is 0 Å². The molecule has 0 aliphatic carbocycles. The molecule has 17 heavy (non-hydrogen) atoms. The maximum absolute atomic E-state index is 12.0. The van der Waals surface area contributed by atoms with Gasteiger partial charge in [-0.05, 0) is 24.1 Å². The number of amides is 1. The summed E-state index contributed by atoms with van der Waals surface area (Å²) in [5.74, 6) is 0.167. The molecule has 1 aromatic carbocycles. The smallest absolute Gasteiger partial charge is 0.227 e. The number of anilines is 1. The molecule has 0 saturated carbocycles. The van der Waals surface area contributed by atoms with Gasteiger partial charge in [0.05, 0.1) is 13.0 Å². The van der Waals surface area contributed by atoms with Gasteiger partial charge < -0.3 is 15.4 Å². The molecule has 4 nitrogen and oxygen atoms in total. The van der Waals surface area contributed by atoms with Gasteiger partial charge in [0, 0.05) is 25.4 Å². The van der Waals surface area contributed by atoms with Crippen molar-refractivity contribution < 1.29 is 9.53 Å². The van der Waals surface area contributed by atoms with Gasteiger partial charge in [0.1, 0.15) is 0 Å². The third-order valence-corrected chi connectivity index (χ3v) is 2.91. The summed E-state index contributed by atoms with van der Waals surface area (Å²) < 4.78 is 5.33. The summed E-state index contributed by atoms with van der Waals surface area (Å²) >= 11 is 0. The Balaban J connectivity index is 1.93. The maximum Gasteiger partial charge on any atom is 0.227 e. The molecule has 0 bridgehead atoms. The first-order chi connectivity index (χ1) is 8.25. The van der Waals surface area contributed by atoms with Gasteiger partial charge in [-0.25, -0.2) is 0 Å². The van der Waals surface area contributed by atoms with Crippen LogP contribution in [0, 0.1) is 0 Å². The lowest BCUT2D eigenvalue weighted by molar-refractivity contribution is -0.130. The van der Waals surface area contributed by atoms with Crippen LogP contribution in [0.15, 0.2) is 24.3 Å². The van der Waals surface area contributed by atoms with E-state index in [1.807, 2.05) is 29.2 Å². The van der Waals surface area contributed by atoms with Gasteiger partial charge in [0.2, 0.25) is 5.91 Å². The van der Waals surface area contributed by atoms with Crippen LogP contribution >= 0.6 is 0 Å². The molecule has 1 amide bonds. The predicted octanol–water partition coefficient (Wildman–Crippen LogP) is 1.06. The van der Waals surface area contributed by atoms with E-state index in [-0.39, 0.29) is 5.91 Å². The van der Waals surface area contributed by atoms with Crippen molar-refractivity contribution in [3.63, 3.8) is 0 Å². The van der Waals surface area contributed by atoms with E-state index in [4.69, 9.17) is 10.5 Å². The summed E-state index contributed by atoms with van der Waals surface area (Å²) in [4.78, 5) is 13.9. The van der Waals surface area contributed by atoms with E-state index in [0.29, 0.717) is 19.6 Å². The van der Waals surface area contributed by atoms with Gasteiger partial charge in [-0.15, -0.1) is 0 Å². The Morgan fingerprint density at radius 2 is 2.00 bits per heavy atom. The van der Waals surface area contributed by atoms with E-state index in [2.05, 4.69) is 0 Å². The maximum atomic E-state index is 12.0. The molecule has 2 N–H and O–H groups in total. The van der Waals surface area contributed by atoms with E-state index in [1.165, 1.54) is 0 Å². The van der Waals surface area contributed by atoms with Crippen LogP contribution in [0.3, 0.4) is 0 Å². The molecule has 0 spiro atoms. The minimum atomic E-state index is 0.167. The van der Waals surface area contributed by atoms with E-state index < -0.39 is 0 Å². The summed E-state index contributed by atoms with van der Waals surface area (Å²) in [5, 5.41) is 0. The zero-order chi connectivity index (χ0) is 12.1. The van der Waals surface area contributed by atoms with Crippen molar-refractivity contribution in [3.05, 3.63) is 29.8 Å². The fourth-order valence-electron chi connectivity index (χ4n) is 1.92. The lowest BCUT2D eigenvalue weighted by atomic mass is 10.1. The van der Waals surface area contributed by atoms with Crippen LogP contribution in [-0.4, -0.2) is 37.1 Å². The summed E-state index contributed by atoms with van der Waals surface area (Å²) in [6.07, 6.45) is 1.37. The van der Waals surface area contributed by atoms with Gasteiger partial charge in [-0.1, -0.05) is 12.1 Å². The van der Waals surface area contributed by atoms with Gasteiger partial charge in [-0.2, -0.15) is 0 Å². The summed E-state index contributed by atoms with van der Waals surface area (Å²) in [6, 6.07) is 7.46. The number of ether oxygens (including phenoxy) is 1. The number of nitrogen functional groups attached to an aromatic ring is 1. The highest BCUT2D eigenvalue weighted by atomic mass is 16.5. The van der Waals surface area contributed by atoms with Crippen LogP contribution < -0.4 is 5.73 Å². The van der Waals surface area contributed by atoms with E-state index in [9.17, 15) is 4.79 Å². The van der Waals surface area contributed by atoms with Crippen molar-refractivity contribution in [1.82, 2.24) is 4.90 Å². The minimum absolute atomic E-state index is 0.167. The number of carbonyl (C=O) groups is 1. The minimum Gasteiger partial charge on any atom is -0.399 e. The van der Waals surface area contributed by atoms with Crippen molar-refractivity contribution in [2.24, 2.45) is 0 Å². The SMILES string of the molecule is Nc1ccc(CC(=O)N2CCCOCC2)cc1. The highest BCUT2D eigenvalue weighted by Crippen LogP contribution is 2.09. The molecule has 1 aliphatic rings. The number of carbonyl (C=O) groups excluding carboxylic acids is 1. The molecule has 1 aromatic rings. The Morgan fingerprint density at radius 1 is 1.24 bits per heavy atom. The first-order valence-corrected chi connectivity index (χ1v) is 5.95.